The fraction of sp³-hybridized carbons (Fsp3) is 0.500. The number of nitrogens with one attached hydrogen (secondary N) is 2. The molecular formula is C14H22N2O3. The van der Waals surface area contributed by atoms with Crippen LogP contribution in [-0.4, -0.2) is 30.9 Å². The maximum absolute atomic E-state index is 11.7. The molecule has 0 heterocycles. The average Bonchev–Trinajstić information content (AvgIpc) is 2.38. The number of carbonyl (C=O) groups is 1. The van der Waals surface area contributed by atoms with Gasteiger partial charge < -0.3 is 20.5 Å². The number of ether oxygens (including phenoxy) is 1. The van der Waals surface area contributed by atoms with Gasteiger partial charge in [0.25, 0.3) is 0 Å². The van der Waals surface area contributed by atoms with Gasteiger partial charge in [0.15, 0.2) is 0 Å². The van der Waals surface area contributed by atoms with Crippen LogP contribution in [0.25, 0.3) is 0 Å². The number of aryl methyl sites for hydroxylation is 1. The summed E-state index contributed by atoms with van der Waals surface area (Å²) in [4.78, 5) is 11.7. The Morgan fingerprint density at radius 3 is 2.63 bits per heavy atom. The molecule has 0 saturated carbocycles. The summed E-state index contributed by atoms with van der Waals surface area (Å²) in [6.45, 7) is 5.52. The molecule has 2 atom stereocenters. The molecule has 5 heteroatoms. The Kier molecular flexibility index (Phi) is 5.63. The lowest BCUT2D eigenvalue weighted by atomic mass is 10.0. The van der Waals surface area contributed by atoms with Gasteiger partial charge in [0.1, 0.15) is 5.75 Å². The lowest BCUT2D eigenvalue weighted by Crippen LogP contribution is -2.43. The van der Waals surface area contributed by atoms with Crippen LogP contribution < -0.4 is 15.4 Å². The van der Waals surface area contributed by atoms with Crippen LogP contribution in [0.4, 0.5) is 4.79 Å². The van der Waals surface area contributed by atoms with Crippen LogP contribution in [0.15, 0.2) is 18.2 Å². The minimum absolute atomic E-state index is 0.0877. The third kappa shape index (κ3) is 4.44. The van der Waals surface area contributed by atoms with Crippen LogP contribution in [0, 0.1) is 6.92 Å². The van der Waals surface area contributed by atoms with Gasteiger partial charge in [-0.3, -0.25) is 0 Å². The van der Waals surface area contributed by atoms with E-state index >= 15 is 0 Å². The topological polar surface area (TPSA) is 70.6 Å². The first-order valence-electron chi connectivity index (χ1n) is 6.30. The maximum Gasteiger partial charge on any atom is 0.315 e. The summed E-state index contributed by atoms with van der Waals surface area (Å²) in [6.07, 6.45) is 0. The number of urea groups is 1. The van der Waals surface area contributed by atoms with Crippen LogP contribution in [0.3, 0.4) is 0 Å². The third-order valence-corrected chi connectivity index (χ3v) is 2.85. The number of aliphatic hydroxyl groups is 1. The molecule has 0 aromatic heterocycles. The summed E-state index contributed by atoms with van der Waals surface area (Å²) in [5.74, 6) is 0.744. The number of rotatable bonds is 5. The number of benzene rings is 1. The highest BCUT2D eigenvalue weighted by Gasteiger charge is 2.15. The first kappa shape index (κ1) is 15.3. The van der Waals surface area contributed by atoms with E-state index in [0.29, 0.717) is 0 Å². The highest BCUT2D eigenvalue weighted by molar-refractivity contribution is 5.74. The first-order chi connectivity index (χ1) is 8.97. The summed E-state index contributed by atoms with van der Waals surface area (Å²) in [6, 6.07) is 5.07. The predicted octanol–water partition coefficient (Wildman–Crippen LogP) is 1.74. The quantitative estimate of drug-likeness (QED) is 0.760. The molecule has 0 bridgehead atoms. The Morgan fingerprint density at radius 2 is 2.05 bits per heavy atom. The van der Waals surface area contributed by atoms with Gasteiger partial charge in [-0.25, -0.2) is 4.79 Å². The lowest BCUT2D eigenvalue weighted by Gasteiger charge is -2.19. The fourth-order valence-corrected chi connectivity index (χ4v) is 1.78. The van der Waals surface area contributed by atoms with Crippen LogP contribution in [0.1, 0.15) is 31.0 Å². The minimum Gasteiger partial charge on any atom is -0.496 e. The second-order valence-electron chi connectivity index (χ2n) is 4.67. The van der Waals surface area contributed by atoms with Gasteiger partial charge >= 0.3 is 6.03 Å². The Balaban J connectivity index is 2.74. The van der Waals surface area contributed by atoms with E-state index in [0.717, 1.165) is 16.9 Å². The predicted molar refractivity (Wildman–Crippen MR) is 74.4 cm³/mol. The molecule has 5 nitrogen and oxygen atoms in total. The van der Waals surface area contributed by atoms with Crippen molar-refractivity contribution in [2.75, 3.05) is 13.7 Å². The highest BCUT2D eigenvalue weighted by Crippen LogP contribution is 2.25. The molecule has 106 valence electrons. The molecule has 0 radical (unpaired) electrons. The van der Waals surface area contributed by atoms with Crippen molar-refractivity contribution < 1.29 is 14.6 Å². The van der Waals surface area contributed by atoms with Crippen LogP contribution in [0.2, 0.25) is 0 Å². The largest absolute Gasteiger partial charge is 0.496 e. The monoisotopic (exact) mass is 266 g/mol. The van der Waals surface area contributed by atoms with Gasteiger partial charge in [-0.1, -0.05) is 17.7 Å². The molecule has 3 N–H and O–H groups in total. The van der Waals surface area contributed by atoms with Gasteiger partial charge in [-0.05, 0) is 26.8 Å². The van der Waals surface area contributed by atoms with E-state index < -0.39 is 0 Å². The molecule has 1 aromatic carbocycles. The van der Waals surface area contributed by atoms with E-state index in [2.05, 4.69) is 10.6 Å². The number of carbonyl (C=O) groups excluding carboxylic acids is 1. The smallest absolute Gasteiger partial charge is 0.315 e. The molecule has 0 aliphatic carbocycles. The van der Waals surface area contributed by atoms with Gasteiger partial charge in [0, 0.05) is 5.56 Å². The standard InChI is InChI=1S/C14H22N2O3/c1-9-5-6-13(19-4)12(7-9)11(3)16-14(18)15-10(2)8-17/h5-7,10-11,17H,8H2,1-4H3,(H2,15,16,18). The minimum atomic E-state index is -0.308. The summed E-state index contributed by atoms with van der Waals surface area (Å²) in [7, 11) is 1.61. The third-order valence-electron chi connectivity index (χ3n) is 2.85. The van der Waals surface area contributed by atoms with Crippen LogP contribution in [0.5, 0.6) is 5.75 Å². The van der Waals surface area contributed by atoms with Gasteiger partial charge in [-0.2, -0.15) is 0 Å². The van der Waals surface area contributed by atoms with Crippen molar-refractivity contribution >= 4 is 6.03 Å². The Morgan fingerprint density at radius 1 is 1.37 bits per heavy atom. The normalized spacial score (nSPS) is 13.5. The maximum atomic E-state index is 11.7. The summed E-state index contributed by atoms with van der Waals surface area (Å²) in [5, 5.41) is 14.4. The van der Waals surface area contributed by atoms with Crippen LogP contribution >= 0.6 is 0 Å². The summed E-state index contributed by atoms with van der Waals surface area (Å²) in [5.41, 5.74) is 2.03. The van der Waals surface area contributed by atoms with Crippen molar-refractivity contribution in [2.24, 2.45) is 0 Å². The first-order valence-corrected chi connectivity index (χ1v) is 6.30. The molecule has 0 fully saturated rings. The molecule has 1 rings (SSSR count). The molecular weight excluding hydrogens is 244 g/mol. The second kappa shape index (κ2) is 6.99. The zero-order chi connectivity index (χ0) is 14.4. The molecule has 0 aliphatic rings. The zero-order valence-corrected chi connectivity index (χ0v) is 11.9. The summed E-state index contributed by atoms with van der Waals surface area (Å²) >= 11 is 0. The van der Waals surface area contributed by atoms with Crippen molar-refractivity contribution in [1.82, 2.24) is 10.6 Å². The number of hydrogen-bond donors (Lipinski definition) is 3. The second-order valence-corrected chi connectivity index (χ2v) is 4.67. The molecule has 1 aromatic rings. The van der Waals surface area contributed by atoms with E-state index in [-0.39, 0.29) is 24.7 Å². The number of methoxy groups -OCH3 is 1. The average molecular weight is 266 g/mol. The van der Waals surface area contributed by atoms with Gasteiger partial charge in [0.2, 0.25) is 0 Å². The Labute approximate surface area is 114 Å². The lowest BCUT2D eigenvalue weighted by molar-refractivity contribution is 0.218. The van der Waals surface area contributed by atoms with E-state index in [4.69, 9.17) is 9.84 Å². The van der Waals surface area contributed by atoms with E-state index in [1.807, 2.05) is 32.0 Å². The van der Waals surface area contributed by atoms with E-state index in [1.54, 1.807) is 14.0 Å². The molecule has 2 unspecified atom stereocenters. The Bertz CT molecular complexity index is 435. The highest BCUT2D eigenvalue weighted by atomic mass is 16.5. The van der Waals surface area contributed by atoms with Crippen molar-refractivity contribution in [3.63, 3.8) is 0 Å². The van der Waals surface area contributed by atoms with Crippen molar-refractivity contribution in [3.05, 3.63) is 29.3 Å². The van der Waals surface area contributed by atoms with Crippen molar-refractivity contribution in [3.8, 4) is 5.75 Å². The molecule has 0 saturated heterocycles. The van der Waals surface area contributed by atoms with E-state index in [9.17, 15) is 4.79 Å². The van der Waals surface area contributed by atoms with Crippen molar-refractivity contribution in [2.45, 2.75) is 32.9 Å². The summed E-state index contributed by atoms with van der Waals surface area (Å²) < 4.78 is 5.29. The van der Waals surface area contributed by atoms with Crippen molar-refractivity contribution in [1.29, 1.82) is 0 Å². The number of aliphatic hydroxyl groups excluding tert-OH is 1. The SMILES string of the molecule is COc1ccc(C)cc1C(C)NC(=O)NC(C)CO. The molecule has 19 heavy (non-hydrogen) atoms. The Hall–Kier alpha value is -1.75. The molecule has 0 aliphatic heterocycles. The van der Waals surface area contributed by atoms with Crippen LogP contribution in [-0.2, 0) is 0 Å². The van der Waals surface area contributed by atoms with Gasteiger partial charge in [0.05, 0.1) is 25.8 Å². The van der Waals surface area contributed by atoms with Gasteiger partial charge in [-0.15, -0.1) is 0 Å². The zero-order valence-electron chi connectivity index (χ0n) is 11.9. The molecule has 0 spiro atoms. The molecule has 2 amide bonds. The fourth-order valence-electron chi connectivity index (χ4n) is 1.78. The number of hydrogen-bond acceptors (Lipinski definition) is 3. The van der Waals surface area contributed by atoms with E-state index in [1.165, 1.54) is 0 Å². The number of amides is 2.